The molecule has 3 rings (SSSR count). The monoisotopic (exact) mass is 231 g/mol. The molecule has 0 atom stereocenters. The fourth-order valence-electron chi connectivity index (χ4n) is 3.38. The molecule has 0 amide bonds. The van der Waals surface area contributed by atoms with Crippen molar-refractivity contribution in [2.45, 2.75) is 38.3 Å². The maximum Gasteiger partial charge on any atom is 0.0550 e. The minimum Gasteiger partial charge on any atom is -0.393 e. The van der Waals surface area contributed by atoms with Crippen LogP contribution in [0.15, 0.2) is 30.3 Å². The molecule has 2 fully saturated rings. The number of hydrogen-bond acceptors (Lipinski definition) is 2. The van der Waals surface area contributed by atoms with Crippen LogP contribution in [0.25, 0.3) is 0 Å². The summed E-state index contributed by atoms with van der Waals surface area (Å²) in [7, 11) is 0. The van der Waals surface area contributed by atoms with Gasteiger partial charge in [0.2, 0.25) is 0 Å². The molecule has 1 aliphatic heterocycles. The van der Waals surface area contributed by atoms with Crippen molar-refractivity contribution in [3.63, 3.8) is 0 Å². The van der Waals surface area contributed by atoms with Crippen LogP contribution in [0, 0.1) is 5.41 Å². The Morgan fingerprint density at radius 2 is 1.76 bits per heavy atom. The Bertz CT molecular complexity index is 360. The zero-order chi connectivity index (χ0) is 11.7. The summed E-state index contributed by atoms with van der Waals surface area (Å²) in [5.41, 5.74) is 1.92. The van der Waals surface area contributed by atoms with E-state index >= 15 is 0 Å². The summed E-state index contributed by atoms with van der Waals surface area (Å²) in [6.07, 6.45) is 4.64. The standard InChI is InChI=1S/C15H21NO/c17-14-10-15(11-14)6-8-16(9-7-15)12-13-4-2-1-3-5-13/h1-5,14,17H,6-12H2. The van der Waals surface area contributed by atoms with Gasteiger partial charge in [0.25, 0.3) is 0 Å². The second-order valence-electron chi connectivity index (χ2n) is 5.82. The van der Waals surface area contributed by atoms with Gasteiger partial charge in [0.1, 0.15) is 0 Å². The Balaban J connectivity index is 1.52. The van der Waals surface area contributed by atoms with Crippen LogP contribution < -0.4 is 0 Å². The quantitative estimate of drug-likeness (QED) is 0.845. The van der Waals surface area contributed by atoms with E-state index in [1.807, 2.05) is 0 Å². The zero-order valence-electron chi connectivity index (χ0n) is 10.3. The molecular weight excluding hydrogens is 210 g/mol. The van der Waals surface area contributed by atoms with Gasteiger partial charge in [-0.15, -0.1) is 0 Å². The molecule has 1 spiro atoms. The van der Waals surface area contributed by atoms with Crippen molar-refractivity contribution in [1.82, 2.24) is 4.90 Å². The summed E-state index contributed by atoms with van der Waals surface area (Å²) in [5.74, 6) is 0. The van der Waals surface area contributed by atoms with Gasteiger partial charge in [0.15, 0.2) is 0 Å². The van der Waals surface area contributed by atoms with Gasteiger partial charge in [-0.25, -0.2) is 0 Å². The summed E-state index contributed by atoms with van der Waals surface area (Å²) < 4.78 is 0. The number of hydrogen-bond donors (Lipinski definition) is 1. The average molecular weight is 231 g/mol. The first-order valence-electron chi connectivity index (χ1n) is 6.70. The van der Waals surface area contributed by atoms with Crippen LogP contribution in [0.5, 0.6) is 0 Å². The molecule has 17 heavy (non-hydrogen) atoms. The van der Waals surface area contributed by atoms with Gasteiger partial charge in [0.05, 0.1) is 6.10 Å². The van der Waals surface area contributed by atoms with E-state index in [2.05, 4.69) is 35.2 Å². The molecule has 2 nitrogen and oxygen atoms in total. The van der Waals surface area contributed by atoms with Crippen molar-refractivity contribution in [2.24, 2.45) is 5.41 Å². The molecule has 0 unspecified atom stereocenters. The molecule has 0 aromatic heterocycles. The Kier molecular flexibility index (Phi) is 2.93. The Morgan fingerprint density at radius 3 is 2.35 bits per heavy atom. The van der Waals surface area contributed by atoms with Crippen LogP contribution in [0.1, 0.15) is 31.2 Å². The summed E-state index contributed by atoms with van der Waals surface area (Å²) in [6, 6.07) is 10.7. The molecule has 1 N–H and O–H groups in total. The fraction of sp³-hybridized carbons (Fsp3) is 0.600. The lowest BCUT2D eigenvalue weighted by Crippen LogP contribution is -2.48. The van der Waals surface area contributed by atoms with Crippen LogP contribution in [0.3, 0.4) is 0 Å². The van der Waals surface area contributed by atoms with Gasteiger partial charge in [-0.3, -0.25) is 4.90 Å². The fourth-order valence-corrected chi connectivity index (χ4v) is 3.38. The lowest BCUT2D eigenvalue weighted by atomic mass is 9.61. The summed E-state index contributed by atoms with van der Waals surface area (Å²) in [6.45, 7) is 3.47. The molecule has 0 radical (unpaired) electrons. The molecule has 0 bridgehead atoms. The normalized spacial score (nSPS) is 24.8. The van der Waals surface area contributed by atoms with E-state index in [9.17, 15) is 5.11 Å². The third-order valence-corrected chi connectivity index (χ3v) is 4.50. The van der Waals surface area contributed by atoms with E-state index in [1.165, 1.54) is 31.5 Å². The summed E-state index contributed by atoms with van der Waals surface area (Å²) in [5, 5.41) is 9.45. The largest absolute Gasteiger partial charge is 0.393 e. The molecule has 2 aliphatic rings. The van der Waals surface area contributed by atoms with Crippen LogP contribution in [-0.2, 0) is 6.54 Å². The van der Waals surface area contributed by atoms with Crippen LogP contribution >= 0.6 is 0 Å². The second kappa shape index (κ2) is 4.43. The van der Waals surface area contributed by atoms with Gasteiger partial charge in [-0.05, 0) is 49.8 Å². The molecule has 92 valence electrons. The number of aliphatic hydroxyl groups excluding tert-OH is 1. The Morgan fingerprint density at radius 1 is 1.12 bits per heavy atom. The number of likely N-dealkylation sites (tertiary alicyclic amines) is 1. The average Bonchev–Trinajstić information content (AvgIpc) is 2.32. The van der Waals surface area contributed by atoms with E-state index in [4.69, 9.17) is 0 Å². The highest BCUT2D eigenvalue weighted by atomic mass is 16.3. The predicted octanol–water partition coefficient (Wildman–Crippen LogP) is 2.42. The molecule has 1 aliphatic carbocycles. The minimum absolute atomic E-state index is 0.00401. The van der Waals surface area contributed by atoms with Crippen molar-refractivity contribution in [2.75, 3.05) is 13.1 Å². The molecule has 1 saturated carbocycles. The first-order chi connectivity index (χ1) is 8.26. The van der Waals surface area contributed by atoms with Crippen LogP contribution in [0.4, 0.5) is 0 Å². The van der Waals surface area contributed by atoms with Crippen molar-refractivity contribution in [3.8, 4) is 0 Å². The van der Waals surface area contributed by atoms with Gasteiger partial charge >= 0.3 is 0 Å². The molecule has 1 saturated heterocycles. The molecular formula is C15H21NO. The lowest BCUT2D eigenvalue weighted by Gasteiger charge is -2.50. The van der Waals surface area contributed by atoms with Crippen molar-refractivity contribution in [3.05, 3.63) is 35.9 Å². The summed E-state index contributed by atoms with van der Waals surface area (Å²) in [4.78, 5) is 2.55. The molecule has 1 aromatic carbocycles. The van der Waals surface area contributed by atoms with Crippen molar-refractivity contribution >= 4 is 0 Å². The number of nitrogens with zero attached hydrogens (tertiary/aromatic N) is 1. The highest BCUT2D eigenvalue weighted by molar-refractivity contribution is 5.14. The third-order valence-electron chi connectivity index (χ3n) is 4.50. The number of piperidine rings is 1. The highest BCUT2D eigenvalue weighted by Crippen LogP contribution is 2.49. The second-order valence-corrected chi connectivity index (χ2v) is 5.82. The Hall–Kier alpha value is -0.860. The smallest absolute Gasteiger partial charge is 0.0550 e. The zero-order valence-corrected chi connectivity index (χ0v) is 10.3. The van der Waals surface area contributed by atoms with Gasteiger partial charge in [0, 0.05) is 6.54 Å². The number of rotatable bonds is 2. The van der Waals surface area contributed by atoms with Crippen LogP contribution in [0.2, 0.25) is 0 Å². The first-order valence-corrected chi connectivity index (χ1v) is 6.70. The topological polar surface area (TPSA) is 23.5 Å². The number of aliphatic hydroxyl groups is 1. The van der Waals surface area contributed by atoms with Crippen molar-refractivity contribution in [1.29, 1.82) is 0 Å². The lowest BCUT2D eigenvalue weighted by molar-refractivity contribution is -0.0689. The highest BCUT2D eigenvalue weighted by Gasteiger charge is 2.44. The first kappa shape index (κ1) is 11.2. The summed E-state index contributed by atoms with van der Waals surface area (Å²) >= 11 is 0. The maximum atomic E-state index is 9.45. The maximum absolute atomic E-state index is 9.45. The predicted molar refractivity (Wildman–Crippen MR) is 68.6 cm³/mol. The molecule has 1 aromatic rings. The third kappa shape index (κ3) is 2.38. The van der Waals surface area contributed by atoms with Crippen LogP contribution in [-0.4, -0.2) is 29.2 Å². The molecule has 1 heterocycles. The van der Waals surface area contributed by atoms with Gasteiger partial charge in [-0.1, -0.05) is 30.3 Å². The minimum atomic E-state index is -0.00401. The van der Waals surface area contributed by atoms with Gasteiger partial charge in [-0.2, -0.15) is 0 Å². The van der Waals surface area contributed by atoms with Gasteiger partial charge < -0.3 is 5.11 Å². The van der Waals surface area contributed by atoms with E-state index < -0.39 is 0 Å². The van der Waals surface area contributed by atoms with Crippen molar-refractivity contribution < 1.29 is 5.11 Å². The van der Waals surface area contributed by atoms with E-state index in [1.54, 1.807) is 0 Å². The SMILES string of the molecule is OC1CC2(CCN(Cc3ccccc3)CC2)C1. The van der Waals surface area contributed by atoms with E-state index in [0.29, 0.717) is 5.41 Å². The van der Waals surface area contributed by atoms with E-state index in [0.717, 1.165) is 19.4 Å². The van der Waals surface area contributed by atoms with E-state index in [-0.39, 0.29) is 6.10 Å². The Labute approximate surface area is 103 Å². The molecule has 2 heteroatoms. The number of benzene rings is 1.